The van der Waals surface area contributed by atoms with E-state index in [1.54, 1.807) is 9.25 Å². The Kier molecular flexibility index (Phi) is 3.38. The molecule has 2 aromatic heterocycles. The molecular weight excluding hydrogens is 232 g/mol. The molecule has 0 aliphatic heterocycles. The molecular formula is C12H18N4O2. The van der Waals surface area contributed by atoms with Crippen LogP contribution in [0.3, 0.4) is 0 Å². The lowest BCUT2D eigenvalue weighted by Gasteiger charge is -2.09. The molecule has 2 aromatic rings. The maximum Gasteiger partial charge on any atom is 0.264 e. The lowest BCUT2D eigenvalue weighted by atomic mass is 10.2. The van der Waals surface area contributed by atoms with Gasteiger partial charge in [0, 0.05) is 12.2 Å². The van der Waals surface area contributed by atoms with Gasteiger partial charge in [-0.1, -0.05) is 6.92 Å². The summed E-state index contributed by atoms with van der Waals surface area (Å²) in [6.45, 7) is 4.89. The van der Waals surface area contributed by atoms with Crippen LogP contribution in [0.1, 0.15) is 19.0 Å². The quantitative estimate of drug-likeness (QED) is 0.827. The average Bonchev–Trinajstić information content (AvgIpc) is 2.62. The standard InChI is InChI=1S/C12H18N4O2/c1-3-4-15-8(2)7-9-10(12(15)18)11(13)14-16(9)5-6-17/h7,17H,3-6H2,1-2H3,(H2,13,14). The number of hydrogen-bond donors (Lipinski definition) is 2. The fraction of sp³-hybridized carbons (Fsp3) is 0.500. The van der Waals surface area contributed by atoms with Gasteiger partial charge in [-0.2, -0.15) is 5.10 Å². The van der Waals surface area contributed by atoms with E-state index in [1.807, 2.05) is 19.9 Å². The largest absolute Gasteiger partial charge is 0.394 e. The zero-order valence-corrected chi connectivity index (χ0v) is 10.7. The lowest BCUT2D eigenvalue weighted by Crippen LogP contribution is -2.22. The number of pyridine rings is 1. The topological polar surface area (TPSA) is 86.1 Å². The number of rotatable bonds is 4. The van der Waals surface area contributed by atoms with Crippen LogP contribution in [0.15, 0.2) is 10.9 Å². The minimum absolute atomic E-state index is 0.0344. The molecule has 0 unspecified atom stereocenters. The third-order valence-corrected chi connectivity index (χ3v) is 3.01. The van der Waals surface area contributed by atoms with Crippen LogP contribution in [0.4, 0.5) is 5.82 Å². The number of hydrogen-bond acceptors (Lipinski definition) is 4. The normalized spacial score (nSPS) is 11.3. The highest BCUT2D eigenvalue weighted by atomic mass is 16.3. The van der Waals surface area contributed by atoms with Crippen LogP contribution >= 0.6 is 0 Å². The Balaban J connectivity index is 2.75. The van der Waals surface area contributed by atoms with Crippen molar-refractivity contribution in [3.8, 4) is 0 Å². The fourth-order valence-corrected chi connectivity index (χ4v) is 2.20. The van der Waals surface area contributed by atoms with Crippen molar-refractivity contribution in [2.45, 2.75) is 33.4 Å². The van der Waals surface area contributed by atoms with Gasteiger partial charge >= 0.3 is 0 Å². The van der Waals surface area contributed by atoms with Gasteiger partial charge in [-0.15, -0.1) is 0 Å². The predicted octanol–water partition coefficient (Wildman–Crippen LogP) is 0.491. The van der Waals surface area contributed by atoms with Crippen molar-refractivity contribution in [2.75, 3.05) is 12.3 Å². The van der Waals surface area contributed by atoms with E-state index in [1.165, 1.54) is 0 Å². The molecule has 0 aliphatic rings. The molecule has 0 aromatic carbocycles. The van der Waals surface area contributed by atoms with Gasteiger partial charge in [-0.05, 0) is 19.4 Å². The van der Waals surface area contributed by atoms with Crippen molar-refractivity contribution < 1.29 is 5.11 Å². The third kappa shape index (κ3) is 1.88. The highest BCUT2D eigenvalue weighted by Crippen LogP contribution is 2.18. The number of anilines is 1. The summed E-state index contributed by atoms with van der Waals surface area (Å²) in [5.74, 6) is 0.230. The van der Waals surface area contributed by atoms with Crippen LogP contribution in [0, 0.1) is 6.92 Å². The van der Waals surface area contributed by atoms with E-state index in [0.29, 0.717) is 24.0 Å². The SMILES string of the molecule is CCCn1c(C)cc2c(c(N)nn2CCO)c1=O. The molecule has 6 nitrogen and oxygen atoms in total. The Bertz CT molecular complexity index is 627. The minimum Gasteiger partial charge on any atom is -0.394 e. The first-order valence-electron chi connectivity index (χ1n) is 6.07. The number of aromatic nitrogens is 3. The number of nitrogens with two attached hydrogens (primary N) is 1. The molecule has 2 rings (SSSR count). The number of aliphatic hydroxyl groups excluding tert-OH is 1. The Morgan fingerprint density at radius 3 is 2.78 bits per heavy atom. The molecule has 6 heteroatoms. The zero-order chi connectivity index (χ0) is 13.3. The lowest BCUT2D eigenvalue weighted by molar-refractivity contribution is 0.272. The molecule has 0 atom stereocenters. The van der Waals surface area contributed by atoms with Gasteiger partial charge in [-0.3, -0.25) is 9.48 Å². The van der Waals surface area contributed by atoms with Gasteiger partial charge < -0.3 is 15.4 Å². The second-order valence-electron chi connectivity index (χ2n) is 4.33. The Morgan fingerprint density at radius 2 is 2.17 bits per heavy atom. The monoisotopic (exact) mass is 250 g/mol. The summed E-state index contributed by atoms with van der Waals surface area (Å²) >= 11 is 0. The van der Waals surface area contributed by atoms with Crippen molar-refractivity contribution in [2.24, 2.45) is 0 Å². The predicted molar refractivity (Wildman–Crippen MR) is 70.5 cm³/mol. The Morgan fingerprint density at radius 1 is 1.44 bits per heavy atom. The van der Waals surface area contributed by atoms with Crippen LogP contribution in [0.25, 0.3) is 10.9 Å². The molecule has 2 heterocycles. The highest BCUT2D eigenvalue weighted by Gasteiger charge is 2.14. The van der Waals surface area contributed by atoms with Crippen molar-refractivity contribution in [3.05, 3.63) is 22.1 Å². The smallest absolute Gasteiger partial charge is 0.264 e. The first-order chi connectivity index (χ1) is 8.60. The Hall–Kier alpha value is -1.82. The zero-order valence-electron chi connectivity index (χ0n) is 10.7. The second kappa shape index (κ2) is 4.81. The highest BCUT2D eigenvalue weighted by molar-refractivity contribution is 5.88. The molecule has 0 spiro atoms. The number of aliphatic hydroxyl groups is 1. The van der Waals surface area contributed by atoms with Gasteiger partial charge in [0.15, 0.2) is 5.82 Å². The van der Waals surface area contributed by atoms with Gasteiger partial charge in [0.05, 0.1) is 18.7 Å². The van der Waals surface area contributed by atoms with Gasteiger partial charge in [0.25, 0.3) is 5.56 Å². The summed E-state index contributed by atoms with van der Waals surface area (Å²) in [4.78, 5) is 12.3. The van der Waals surface area contributed by atoms with Crippen LogP contribution in [0.5, 0.6) is 0 Å². The number of nitrogens with zero attached hydrogens (tertiary/aromatic N) is 3. The molecule has 18 heavy (non-hydrogen) atoms. The summed E-state index contributed by atoms with van der Waals surface area (Å²) < 4.78 is 3.29. The Labute approximate surface area is 105 Å². The summed E-state index contributed by atoms with van der Waals surface area (Å²) in [7, 11) is 0. The van der Waals surface area contributed by atoms with Crippen LogP contribution in [-0.4, -0.2) is 26.1 Å². The molecule has 0 aliphatic carbocycles. The van der Waals surface area contributed by atoms with Gasteiger partial charge in [-0.25, -0.2) is 0 Å². The molecule has 0 saturated carbocycles. The molecule has 0 saturated heterocycles. The van der Waals surface area contributed by atoms with E-state index < -0.39 is 0 Å². The minimum atomic E-state index is -0.103. The summed E-state index contributed by atoms with van der Waals surface area (Å²) in [5, 5.41) is 13.5. The molecule has 0 bridgehead atoms. The van der Waals surface area contributed by atoms with E-state index in [-0.39, 0.29) is 18.0 Å². The van der Waals surface area contributed by atoms with Crippen LogP contribution < -0.4 is 11.3 Å². The molecule has 3 N–H and O–H groups in total. The van der Waals surface area contributed by atoms with Crippen LogP contribution in [-0.2, 0) is 13.1 Å². The van der Waals surface area contributed by atoms with Gasteiger partial charge in [0.1, 0.15) is 5.39 Å². The first kappa shape index (κ1) is 12.6. The molecule has 0 radical (unpaired) electrons. The van der Waals surface area contributed by atoms with E-state index >= 15 is 0 Å². The first-order valence-corrected chi connectivity index (χ1v) is 6.07. The van der Waals surface area contributed by atoms with E-state index in [9.17, 15) is 4.79 Å². The maximum absolute atomic E-state index is 12.3. The maximum atomic E-state index is 12.3. The molecule has 0 fully saturated rings. The van der Waals surface area contributed by atoms with E-state index in [4.69, 9.17) is 10.8 Å². The van der Waals surface area contributed by atoms with E-state index in [0.717, 1.165) is 12.1 Å². The average molecular weight is 250 g/mol. The number of fused-ring (bicyclic) bond motifs is 1. The second-order valence-corrected chi connectivity index (χ2v) is 4.33. The number of nitrogen functional groups attached to an aromatic ring is 1. The summed E-state index contributed by atoms with van der Waals surface area (Å²) in [5.41, 5.74) is 7.27. The van der Waals surface area contributed by atoms with Crippen molar-refractivity contribution in [1.29, 1.82) is 0 Å². The van der Waals surface area contributed by atoms with E-state index in [2.05, 4.69) is 5.10 Å². The van der Waals surface area contributed by atoms with Crippen LogP contribution in [0.2, 0.25) is 0 Å². The van der Waals surface area contributed by atoms with Crippen molar-refractivity contribution >= 4 is 16.7 Å². The third-order valence-electron chi connectivity index (χ3n) is 3.01. The van der Waals surface area contributed by atoms with Crippen molar-refractivity contribution in [1.82, 2.24) is 14.3 Å². The number of aryl methyl sites for hydroxylation is 1. The molecule has 98 valence electrons. The molecule has 0 amide bonds. The fourth-order valence-electron chi connectivity index (χ4n) is 2.20. The summed E-state index contributed by atoms with van der Waals surface area (Å²) in [6.07, 6.45) is 0.886. The van der Waals surface area contributed by atoms with Gasteiger partial charge in [0.2, 0.25) is 0 Å². The van der Waals surface area contributed by atoms with Crippen molar-refractivity contribution in [3.63, 3.8) is 0 Å². The summed E-state index contributed by atoms with van der Waals surface area (Å²) in [6, 6.07) is 1.89.